The van der Waals surface area contributed by atoms with Crippen LogP contribution < -0.4 is 4.74 Å². The Morgan fingerprint density at radius 1 is 1.44 bits per heavy atom. The van der Waals surface area contributed by atoms with Gasteiger partial charge in [-0.1, -0.05) is 15.9 Å². The van der Waals surface area contributed by atoms with Gasteiger partial charge in [-0.2, -0.15) is 13.2 Å². The number of aliphatic carboxylic acids is 1. The number of benzene rings is 1. The molecule has 1 aromatic rings. The molecule has 88 valence electrons. The van der Waals surface area contributed by atoms with Gasteiger partial charge in [0, 0.05) is 4.47 Å². The van der Waals surface area contributed by atoms with Gasteiger partial charge in [0.2, 0.25) is 0 Å². The highest BCUT2D eigenvalue weighted by Crippen LogP contribution is 2.37. The lowest BCUT2D eigenvalue weighted by atomic mass is 10.2. The van der Waals surface area contributed by atoms with E-state index in [0.717, 1.165) is 12.1 Å². The van der Waals surface area contributed by atoms with Gasteiger partial charge in [0.15, 0.2) is 6.61 Å². The molecule has 0 heterocycles. The monoisotopic (exact) mass is 298 g/mol. The third kappa shape index (κ3) is 3.41. The van der Waals surface area contributed by atoms with Crippen molar-refractivity contribution in [3.8, 4) is 5.75 Å². The summed E-state index contributed by atoms with van der Waals surface area (Å²) in [6.07, 6.45) is -4.57. The zero-order valence-corrected chi connectivity index (χ0v) is 9.30. The predicted molar refractivity (Wildman–Crippen MR) is 52.3 cm³/mol. The average Bonchev–Trinajstić information content (AvgIpc) is 2.12. The summed E-state index contributed by atoms with van der Waals surface area (Å²) in [4.78, 5) is 10.2. The van der Waals surface area contributed by atoms with E-state index in [9.17, 15) is 18.0 Å². The van der Waals surface area contributed by atoms with Crippen LogP contribution in [0.4, 0.5) is 13.2 Å². The molecule has 0 amide bonds. The standard InChI is InChI=1S/C9H6BrF3O3/c10-5-1-2-6(9(11,12)13)7(3-5)16-4-8(14)15/h1-3H,4H2,(H,14,15). The second-order valence-corrected chi connectivity index (χ2v) is 3.74. The molecule has 1 rings (SSSR count). The molecule has 0 spiro atoms. The Morgan fingerprint density at radius 3 is 2.56 bits per heavy atom. The van der Waals surface area contributed by atoms with Gasteiger partial charge in [-0.05, 0) is 18.2 Å². The van der Waals surface area contributed by atoms with E-state index in [1.54, 1.807) is 0 Å². The van der Waals surface area contributed by atoms with Crippen molar-refractivity contribution in [2.75, 3.05) is 6.61 Å². The van der Waals surface area contributed by atoms with E-state index in [0.29, 0.717) is 4.47 Å². The molecule has 0 atom stereocenters. The van der Waals surface area contributed by atoms with Gasteiger partial charge in [-0.25, -0.2) is 4.79 Å². The quantitative estimate of drug-likeness (QED) is 0.933. The average molecular weight is 299 g/mol. The molecule has 0 radical (unpaired) electrons. The third-order valence-corrected chi connectivity index (χ3v) is 2.09. The van der Waals surface area contributed by atoms with Crippen molar-refractivity contribution in [3.63, 3.8) is 0 Å². The molecule has 0 saturated carbocycles. The SMILES string of the molecule is O=C(O)COc1cc(Br)ccc1C(F)(F)F. The van der Waals surface area contributed by atoms with Crippen LogP contribution in [-0.2, 0) is 11.0 Å². The van der Waals surface area contributed by atoms with Crippen LogP contribution in [0.25, 0.3) is 0 Å². The second kappa shape index (κ2) is 4.73. The Labute approximate surface area is 97.0 Å². The molecular formula is C9H6BrF3O3. The van der Waals surface area contributed by atoms with Crippen LogP contribution in [-0.4, -0.2) is 17.7 Å². The van der Waals surface area contributed by atoms with Gasteiger partial charge in [-0.15, -0.1) is 0 Å². The molecule has 16 heavy (non-hydrogen) atoms. The number of carbonyl (C=O) groups is 1. The van der Waals surface area contributed by atoms with Crippen molar-refractivity contribution in [3.05, 3.63) is 28.2 Å². The first-order valence-electron chi connectivity index (χ1n) is 4.02. The van der Waals surface area contributed by atoms with Crippen LogP contribution in [0.2, 0.25) is 0 Å². The number of ether oxygens (including phenoxy) is 1. The van der Waals surface area contributed by atoms with Gasteiger partial charge in [0.05, 0.1) is 5.56 Å². The summed E-state index contributed by atoms with van der Waals surface area (Å²) in [6.45, 7) is -0.820. The second-order valence-electron chi connectivity index (χ2n) is 2.82. The van der Waals surface area contributed by atoms with Crippen molar-refractivity contribution in [2.45, 2.75) is 6.18 Å². The summed E-state index contributed by atoms with van der Waals surface area (Å²) in [5.41, 5.74) is -1.00. The van der Waals surface area contributed by atoms with Crippen LogP contribution in [0, 0.1) is 0 Å². The van der Waals surface area contributed by atoms with E-state index in [1.807, 2.05) is 0 Å². The highest BCUT2D eigenvalue weighted by Gasteiger charge is 2.34. The van der Waals surface area contributed by atoms with Crippen molar-refractivity contribution in [1.29, 1.82) is 0 Å². The minimum absolute atomic E-state index is 0.376. The van der Waals surface area contributed by atoms with Crippen molar-refractivity contribution in [1.82, 2.24) is 0 Å². The molecule has 0 saturated heterocycles. The Morgan fingerprint density at radius 2 is 2.06 bits per heavy atom. The maximum Gasteiger partial charge on any atom is 0.419 e. The van der Waals surface area contributed by atoms with Gasteiger partial charge in [0.25, 0.3) is 0 Å². The summed E-state index contributed by atoms with van der Waals surface area (Å²) in [5, 5.41) is 8.32. The molecule has 3 nitrogen and oxygen atoms in total. The summed E-state index contributed by atoms with van der Waals surface area (Å²) >= 11 is 2.98. The van der Waals surface area contributed by atoms with E-state index in [1.165, 1.54) is 6.07 Å². The summed E-state index contributed by atoms with van der Waals surface area (Å²) in [7, 11) is 0. The van der Waals surface area contributed by atoms with E-state index < -0.39 is 30.1 Å². The molecule has 1 N–H and O–H groups in total. The fourth-order valence-electron chi connectivity index (χ4n) is 0.989. The topological polar surface area (TPSA) is 46.5 Å². The Kier molecular flexibility index (Phi) is 3.79. The summed E-state index contributed by atoms with van der Waals surface area (Å²) < 4.78 is 42.3. The highest BCUT2D eigenvalue weighted by atomic mass is 79.9. The number of rotatable bonds is 3. The molecule has 0 aromatic heterocycles. The number of alkyl halides is 3. The van der Waals surface area contributed by atoms with Crippen molar-refractivity contribution in [2.24, 2.45) is 0 Å². The lowest BCUT2D eigenvalue weighted by Gasteiger charge is -2.12. The van der Waals surface area contributed by atoms with Crippen LogP contribution in [0.5, 0.6) is 5.75 Å². The van der Waals surface area contributed by atoms with Crippen LogP contribution in [0.15, 0.2) is 22.7 Å². The van der Waals surface area contributed by atoms with Gasteiger partial charge in [-0.3, -0.25) is 0 Å². The minimum Gasteiger partial charge on any atom is -0.481 e. The summed E-state index contributed by atoms with van der Waals surface area (Å²) in [6, 6.07) is 3.10. The fraction of sp³-hybridized carbons (Fsp3) is 0.222. The van der Waals surface area contributed by atoms with Crippen molar-refractivity contribution < 1.29 is 27.8 Å². The first-order chi connectivity index (χ1) is 7.30. The third-order valence-electron chi connectivity index (χ3n) is 1.60. The van der Waals surface area contributed by atoms with Gasteiger partial charge < -0.3 is 9.84 Å². The Balaban J connectivity index is 3.04. The molecule has 1 aromatic carbocycles. The molecule has 0 fully saturated rings. The molecular weight excluding hydrogens is 293 g/mol. The number of hydrogen-bond acceptors (Lipinski definition) is 2. The lowest BCUT2D eigenvalue weighted by molar-refractivity contribution is -0.143. The van der Waals surface area contributed by atoms with Crippen LogP contribution in [0.3, 0.4) is 0 Å². The molecule has 0 bridgehead atoms. The maximum absolute atomic E-state index is 12.5. The van der Waals surface area contributed by atoms with E-state index >= 15 is 0 Å². The summed E-state index contributed by atoms with van der Waals surface area (Å²) in [5.74, 6) is -1.85. The minimum atomic E-state index is -4.57. The number of carboxylic acids is 1. The molecule has 0 aliphatic carbocycles. The zero-order valence-electron chi connectivity index (χ0n) is 7.71. The van der Waals surface area contributed by atoms with Crippen LogP contribution >= 0.6 is 15.9 Å². The highest BCUT2D eigenvalue weighted by molar-refractivity contribution is 9.10. The first kappa shape index (κ1) is 12.8. The van der Waals surface area contributed by atoms with E-state index in [-0.39, 0.29) is 0 Å². The van der Waals surface area contributed by atoms with Crippen LogP contribution in [0.1, 0.15) is 5.56 Å². The molecule has 0 aliphatic rings. The van der Waals surface area contributed by atoms with Gasteiger partial charge >= 0.3 is 12.1 Å². The number of hydrogen-bond donors (Lipinski definition) is 1. The molecule has 7 heteroatoms. The smallest absolute Gasteiger partial charge is 0.419 e. The first-order valence-corrected chi connectivity index (χ1v) is 4.81. The molecule has 0 unspecified atom stereocenters. The molecule has 0 aliphatic heterocycles. The number of carboxylic acid groups (broad SMARTS) is 1. The van der Waals surface area contributed by atoms with Crippen molar-refractivity contribution >= 4 is 21.9 Å². The van der Waals surface area contributed by atoms with E-state index in [4.69, 9.17) is 5.11 Å². The lowest BCUT2D eigenvalue weighted by Crippen LogP contribution is -2.13. The largest absolute Gasteiger partial charge is 0.481 e. The van der Waals surface area contributed by atoms with E-state index in [2.05, 4.69) is 20.7 Å². The zero-order chi connectivity index (χ0) is 12.3. The normalized spacial score (nSPS) is 11.2. The fourth-order valence-corrected chi connectivity index (χ4v) is 1.33. The number of halogens is 4. The predicted octanol–water partition coefficient (Wildman–Crippen LogP) is 2.93. The maximum atomic E-state index is 12.5. The Bertz CT molecular complexity index is 403. The van der Waals surface area contributed by atoms with Gasteiger partial charge in [0.1, 0.15) is 5.75 Å². The Hall–Kier alpha value is -1.24.